The van der Waals surface area contributed by atoms with E-state index in [-0.39, 0.29) is 5.91 Å². The molecule has 2 rings (SSSR count). The van der Waals surface area contributed by atoms with E-state index in [9.17, 15) is 4.79 Å². The second-order valence-electron chi connectivity index (χ2n) is 4.44. The van der Waals surface area contributed by atoms with E-state index in [1.807, 2.05) is 55.5 Å². The number of hydrogen-bond donors (Lipinski definition) is 1. The van der Waals surface area contributed by atoms with Crippen LogP contribution in [0.5, 0.6) is 0 Å². The van der Waals surface area contributed by atoms with Crippen LogP contribution in [-0.4, -0.2) is 36.3 Å². The van der Waals surface area contributed by atoms with Gasteiger partial charge in [0.2, 0.25) is 0 Å². The third-order valence-electron chi connectivity index (χ3n) is 2.82. The fourth-order valence-electron chi connectivity index (χ4n) is 1.87. The second kappa shape index (κ2) is 6.04. The van der Waals surface area contributed by atoms with Gasteiger partial charge in [0.1, 0.15) is 0 Å². The van der Waals surface area contributed by atoms with Crippen molar-refractivity contribution in [2.45, 2.75) is 6.54 Å². The Morgan fingerprint density at radius 3 is 2.79 bits per heavy atom. The summed E-state index contributed by atoms with van der Waals surface area (Å²) < 4.78 is 1.79. The van der Waals surface area contributed by atoms with Crippen LogP contribution in [0.15, 0.2) is 42.7 Å². The van der Waals surface area contributed by atoms with Gasteiger partial charge in [-0.2, -0.15) is 5.10 Å². The number of nitrogens with zero attached hydrogens (tertiary/aromatic N) is 3. The molecular weight excluding hydrogens is 240 g/mol. The molecule has 0 spiro atoms. The Balaban J connectivity index is 1.96. The summed E-state index contributed by atoms with van der Waals surface area (Å²) in [5.74, 6) is -0.0588. The van der Waals surface area contributed by atoms with Crippen molar-refractivity contribution in [1.29, 1.82) is 0 Å². The van der Waals surface area contributed by atoms with Gasteiger partial charge in [-0.3, -0.25) is 9.48 Å². The van der Waals surface area contributed by atoms with Crippen molar-refractivity contribution >= 4 is 11.6 Å². The first-order valence-electron chi connectivity index (χ1n) is 6.20. The summed E-state index contributed by atoms with van der Waals surface area (Å²) in [5.41, 5.74) is 1.60. The maximum atomic E-state index is 12.1. The average Bonchev–Trinajstić information content (AvgIpc) is 2.91. The average molecular weight is 258 g/mol. The molecule has 0 radical (unpaired) electrons. The van der Waals surface area contributed by atoms with Gasteiger partial charge < -0.3 is 10.2 Å². The number of amides is 1. The fraction of sp³-hybridized carbons (Fsp3) is 0.286. The number of anilines is 1. The molecule has 0 fully saturated rings. The molecule has 1 aromatic carbocycles. The highest BCUT2D eigenvalue weighted by Crippen LogP contribution is 2.17. The van der Waals surface area contributed by atoms with Crippen molar-refractivity contribution in [2.24, 2.45) is 0 Å². The maximum Gasteiger partial charge on any atom is 0.253 e. The Kier molecular flexibility index (Phi) is 4.18. The Hall–Kier alpha value is -2.30. The molecule has 19 heavy (non-hydrogen) atoms. The van der Waals surface area contributed by atoms with Crippen LogP contribution in [0.1, 0.15) is 10.4 Å². The molecule has 1 amide bonds. The summed E-state index contributed by atoms with van der Waals surface area (Å²) in [6.45, 7) is 1.23. The molecule has 100 valence electrons. The zero-order valence-electron chi connectivity index (χ0n) is 11.2. The zero-order valence-corrected chi connectivity index (χ0v) is 11.2. The molecule has 0 aliphatic rings. The lowest BCUT2D eigenvalue weighted by Crippen LogP contribution is -2.28. The van der Waals surface area contributed by atoms with Crippen LogP contribution in [0, 0.1) is 0 Å². The highest BCUT2D eigenvalue weighted by Gasteiger charge is 2.11. The topological polar surface area (TPSA) is 50.2 Å². The predicted molar refractivity (Wildman–Crippen MR) is 75.3 cm³/mol. The van der Waals surface area contributed by atoms with Gasteiger partial charge in [0, 0.05) is 38.7 Å². The third-order valence-corrected chi connectivity index (χ3v) is 2.82. The Labute approximate surface area is 112 Å². The first-order chi connectivity index (χ1) is 9.18. The summed E-state index contributed by atoms with van der Waals surface area (Å²) >= 11 is 0. The van der Waals surface area contributed by atoms with Gasteiger partial charge in [0.15, 0.2) is 0 Å². The molecule has 0 aliphatic heterocycles. The number of para-hydroxylation sites is 1. The van der Waals surface area contributed by atoms with Crippen LogP contribution in [0.25, 0.3) is 0 Å². The number of rotatable bonds is 5. The second-order valence-corrected chi connectivity index (χ2v) is 4.44. The van der Waals surface area contributed by atoms with Crippen LogP contribution in [0.3, 0.4) is 0 Å². The Morgan fingerprint density at radius 1 is 1.32 bits per heavy atom. The highest BCUT2D eigenvalue weighted by atomic mass is 16.1. The monoisotopic (exact) mass is 258 g/mol. The van der Waals surface area contributed by atoms with Crippen LogP contribution < -0.4 is 10.2 Å². The molecule has 5 heteroatoms. The molecular formula is C14H18N4O. The van der Waals surface area contributed by atoms with Gasteiger partial charge in [-0.25, -0.2) is 0 Å². The number of carbonyl (C=O) groups is 1. The maximum absolute atomic E-state index is 12.1. The largest absolute Gasteiger partial charge is 0.377 e. The van der Waals surface area contributed by atoms with Crippen molar-refractivity contribution < 1.29 is 4.79 Å². The number of aromatic nitrogens is 2. The predicted octanol–water partition coefficient (Wildman–Crippen LogP) is 1.38. The fourth-order valence-corrected chi connectivity index (χ4v) is 1.87. The van der Waals surface area contributed by atoms with E-state index in [1.54, 1.807) is 10.9 Å². The summed E-state index contributed by atoms with van der Waals surface area (Å²) in [7, 11) is 3.85. The SMILES string of the molecule is CN(C)c1ccccc1C(=O)NCCn1cccn1. The number of hydrogen-bond acceptors (Lipinski definition) is 3. The van der Waals surface area contributed by atoms with Gasteiger partial charge in [0.25, 0.3) is 5.91 Å². The van der Waals surface area contributed by atoms with Gasteiger partial charge in [-0.1, -0.05) is 12.1 Å². The van der Waals surface area contributed by atoms with Crippen molar-refractivity contribution in [3.05, 3.63) is 48.3 Å². The van der Waals surface area contributed by atoms with Crippen LogP contribution in [0.4, 0.5) is 5.69 Å². The molecule has 5 nitrogen and oxygen atoms in total. The molecule has 0 aliphatic carbocycles. The van der Waals surface area contributed by atoms with Crippen molar-refractivity contribution in [1.82, 2.24) is 15.1 Å². The quantitative estimate of drug-likeness (QED) is 0.881. The zero-order chi connectivity index (χ0) is 13.7. The van der Waals surface area contributed by atoms with Crippen LogP contribution >= 0.6 is 0 Å². The van der Waals surface area contributed by atoms with Gasteiger partial charge >= 0.3 is 0 Å². The van der Waals surface area contributed by atoms with E-state index in [2.05, 4.69) is 10.4 Å². The van der Waals surface area contributed by atoms with Crippen molar-refractivity contribution in [3.8, 4) is 0 Å². The molecule has 0 bridgehead atoms. The minimum Gasteiger partial charge on any atom is -0.377 e. The Morgan fingerprint density at radius 2 is 2.11 bits per heavy atom. The first-order valence-corrected chi connectivity index (χ1v) is 6.20. The van der Waals surface area contributed by atoms with Crippen LogP contribution in [0.2, 0.25) is 0 Å². The molecule has 0 unspecified atom stereocenters. The molecule has 0 saturated heterocycles. The lowest BCUT2D eigenvalue weighted by atomic mass is 10.1. The van der Waals surface area contributed by atoms with E-state index in [0.717, 1.165) is 5.69 Å². The number of nitrogens with one attached hydrogen (secondary N) is 1. The van der Waals surface area contributed by atoms with E-state index < -0.39 is 0 Å². The van der Waals surface area contributed by atoms with Crippen LogP contribution in [-0.2, 0) is 6.54 Å². The molecule has 1 aromatic heterocycles. The Bertz CT molecular complexity index is 534. The summed E-state index contributed by atoms with van der Waals surface area (Å²) in [5, 5.41) is 6.99. The van der Waals surface area contributed by atoms with E-state index in [0.29, 0.717) is 18.7 Å². The van der Waals surface area contributed by atoms with E-state index in [4.69, 9.17) is 0 Å². The van der Waals surface area contributed by atoms with Gasteiger partial charge in [-0.05, 0) is 18.2 Å². The third kappa shape index (κ3) is 3.34. The van der Waals surface area contributed by atoms with Crippen molar-refractivity contribution in [3.63, 3.8) is 0 Å². The smallest absolute Gasteiger partial charge is 0.253 e. The molecule has 0 saturated carbocycles. The highest BCUT2D eigenvalue weighted by molar-refractivity contribution is 5.99. The number of carbonyl (C=O) groups excluding carboxylic acids is 1. The minimum absolute atomic E-state index is 0.0588. The van der Waals surface area contributed by atoms with Gasteiger partial charge in [-0.15, -0.1) is 0 Å². The van der Waals surface area contributed by atoms with Gasteiger partial charge in [0.05, 0.1) is 12.1 Å². The molecule has 1 N–H and O–H groups in total. The summed E-state index contributed by atoms with van der Waals surface area (Å²) in [4.78, 5) is 14.1. The molecule has 1 heterocycles. The van der Waals surface area contributed by atoms with Crippen molar-refractivity contribution in [2.75, 3.05) is 25.5 Å². The first kappa shape index (κ1) is 13.1. The summed E-state index contributed by atoms with van der Waals surface area (Å²) in [6.07, 6.45) is 3.60. The minimum atomic E-state index is -0.0588. The normalized spacial score (nSPS) is 10.2. The standard InChI is InChI=1S/C14H18N4O/c1-17(2)13-7-4-3-6-12(13)14(19)15-9-11-18-10-5-8-16-18/h3-8,10H,9,11H2,1-2H3,(H,15,19). The molecule has 0 atom stereocenters. The number of benzene rings is 1. The van der Waals surface area contributed by atoms with E-state index >= 15 is 0 Å². The lowest BCUT2D eigenvalue weighted by Gasteiger charge is -2.16. The summed E-state index contributed by atoms with van der Waals surface area (Å²) in [6, 6.07) is 9.43. The molecule has 2 aromatic rings. The van der Waals surface area contributed by atoms with E-state index in [1.165, 1.54) is 0 Å². The lowest BCUT2D eigenvalue weighted by molar-refractivity contribution is 0.0952.